The van der Waals surface area contributed by atoms with Gasteiger partial charge in [0.05, 0.1) is 5.41 Å². The van der Waals surface area contributed by atoms with Crippen molar-refractivity contribution in [3.05, 3.63) is 0 Å². The molecule has 1 spiro atoms. The molecule has 0 aromatic rings. The Kier molecular flexibility index (Phi) is 2.64. The van der Waals surface area contributed by atoms with Crippen molar-refractivity contribution < 1.29 is 4.79 Å². The molecule has 0 atom stereocenters. The van der Waals surface area contributed by atoms with Crippen LogP contribution in [0, 0.1) is 5.41 Å². The number of hydrogen-bond donors (Lipinski definition) is 1. The van der Waals surface area contributed by atoms with E-state index in [1.54, 1.807) is 0 Å². The second-order valence-electron chi connectivity index (χ2n) is 3.71. The minimum Gasteiger partial charge on any atom is -0.345 e. The maximum Gasteiger partial charge on any atom is 0.231 e. The van der Waals surface area contributed by atoms with E-state index in [0.29, 0.717) is 5.91 Å². The van der Waals surface area contributed by atoms with Crippen LogP contribution >= 0.6 is 12.4 Å². The number of rotatable bonds is 0. The molecule has 2 aliphatic rings. The summed E-state index contributed by atoms with van der Waals surface area (Å²) in [5.41, 5.74) is 0.00694. The second kappa shape index (κ2) is 3.23. The molecule has 0 bridgehead atoms. The van der Waals surface area contributed by atoms with Crippen LogP contribution in [-0.4, -0.2) is 37.5 Å². The van der Waals surface area contributed by atoms with Crippen molar-refractivity contribution >= 4 is 18.3 Å². The van der Waals surface area contributed by atoms with Crippen LogP contribution in [0.1, 0.15) is 12.8 Å². The van der Waals surface area contributed by atoms with E-state index in [4.69, 9.17) is 0 Å². The lowest BCUT2D eigenvalue weighted by Gasteiger charge is -2.46. The number of carbonyl (C=O) groups excluding carboxylic acids is 1. The molecule has 0 saturated carbocycles. The molecule has 3 nitrogen and oxygen atoms in total. The van der Waals surface area contributed by atoms with Crippen molar-refractivity contribution in [3.8, 4) is 0 Å². The summed E-state index contributed by atoms with van der Waals surface area (Å²) in [6.45, 7) is 2.74. The summed E-state index contributed by atoms with van der Waals surface area (Å²) in [6, 6.07) is 0. The first-order valence-corrected chi connectivity index (χ1v) is 4.21. The Balaban J connectivity index is 0.000000720. The molecule has 2 heterocycles. The van der Waals surface area contributed by atoms with Crippen LogP contribution in [0.5, 0.6) is 0 Å². The van der Waals surface area contributed by atoms with Gasteiger partial charge in [-0.05, 0) is 12.8 Å². The van der Waals surface area contributed by atoms with Crippen molar-refractivity contribution in [3.63, 3.8) is 0 Å². The van der Waals surface area contributed by atoms with Gasteiger partial charge < -0.3 is 10.2 Å². The number of amides is 1. The highest BCUT2D eigenvalue weighted by molar-refractivity contribution is 5.85. The monoisotopic (exact) mass is 190 g/mol. The van der Waals surface area contributed by atoms with Gasteiger partial charge >= 0.3 is 0 Å². The molecule has 2 aliphatic heterocycles. The molecule has 2 rings (SSSR count). The van der Waals surface area contributed by atoms with Crippen molar-refractivity contribution in [2.24, 2.45) is 5.41 Å². The Bertz CT molecular complexity index is 191. The summed E-state index contributed by atoms with van der Waals surface area (Å²) in [4.78, 5) is 13.5. The summed E-state index contributed by atoms with van der Waals surface area (Å²) in [7, 11) is 1.90. The Morgan fingerprint density at radius 1 is 1.50 bits per heavy atom. The summed E-state index contributed by atoms with van der Waals surface area (Å²) in [5, 5.41) is 3.18. The zero-order chi connectivity index (χ0) is 7.90. The highest BCUT2D eigenvalue weighted by Crippen LogP contribution is 2.33. The van der Waals surface area contributed by atoms with E-state index in [0.717, 1.165) is 26.1 Å². The second-order valence-corrected chi connectivity index (χ2v) is 3.71. The fraction of sp³-hybridized carbons (Fsp3) is 0.875. The minimum absolute atomic E-state index is 0. The zero-order valence-corrected chi connectivity index (χ0v) is 8.12. The summed E-state index contributed by atoms with van der Waals surface area (Å²) < 4.78 is 0. The van der Waals surface area contributed by atoms with Crippen LogP contribution in [0.25, 0.3) is 0 Å². The summed E-state index contributed by atoms with van der Waals surface area (Å²) >= 11 is 0. The fourth-order valence-electron chi connectivity index (χ4n) is 2.02. The first-order chi connectivity index (χ1) is 5.25. The largest absolute Gasteiger partial charge is 0.345 e. The molecule has 0 unspecified atom stereocenters. The maximum absolute atomic E-state index is 11.6. The maximum atomic E-state index is 11.6. The van der Waals surface area contributed by atoms with Gasteiger partial charge in [0, 0.05) is 26.7 Å². The van der Waals surface area contributed by atoms with Crippen molar-refractivity contribution in [2.75, 3.05) is 26.7 Å². The average molecular weight is 191 g/mol. The number of halogens is 1. The van der Waals surface area contributed by atoms with E-state index in [1.807, 2.05) is 11.9 Å². The quantitative estimate of drug-likeness (QED) is 0.594. The standard InChI is InChI=1S/C8H14N2O.ClH/c1-10-4-2-3-8(7(10)11)5-9-6-8;/h9H,2-6H2,1H3;1H. The third-order valence-electron chi connectivity index (χ3n) is 2.88. The van der Waals surface area contributed by atoms with E-state index in [2.05, 4.69) is 5.32 Å². The molecular formula is C8H15ClN2O. The van der Waals surface area contributed by atoms with E-state index in [9.17, 15) is 4.79 Å². The van der Waals surface area contributed by atoms with Crippen LogP contribution in [0.4, 0.5) is 0 Å². The Hall–Kier alpha value is -0.280. The van der Waals surface area contributed by atoms with Gasteiger partial charge in [-0.2, -0.15) is 0 Å². The first-order valence-electron chi connectivity index (χ1n) is 4.21. The smallest absolute Gasteiger partial charge is 0.231 e. The van der Waals surface area contributed by atoms with Crippen LogP contribution in [-0.2, 0) is 4.79 Å². The molecule has 0 radical (unpaired) electrons. The number of likely N-dealkylation sites (tertiary alicyclic amines) is 1. The average Bonchev–Trinajstić information content (AvgIpc) is 1.91. The topological polar surface area (TPSA) is 32.3 Å². The van der Waals surface area contributed by atoms with Gasteiger partial charge in [-0.25, -0.2) is 0 Å². The molecule has 2 fully saturated rings. The molecule has 2 saturated heterocycles. The van der Waals surface area contributed by atoms with Gasteiger partial charge in [0.2, 0.25) is 5.91 Å². The molecule has 0 aliphatic carbocycles. The molecular weight excluding hydrogens is 176 g/mol. The van der Waals surface area contributed by atoms with Crippen LogP contribution in [0.15, 0.2) is 0 Å². The third-order valence-corrected chi connectivity index (χ3v) is 2.88. The molecule has 0 aromatic carbocycles. The lowest BCUT2D eigenvalue weighted by molar-refractivity contribution is -0.148. The van der Waals surface area contributed by atoms with E-state index in [-0.39, 0.29) is 17.8 Å². The van der Waals surface area contributed by atoms with Crippen molar-refractivity contribution in [2.45, 2.75) is 12.8 Å². The first kappa shape index (κ1) is 9.81. The van der Waals surface area contributed by atoms with E-state index < -0.39 is 0 Å². The predicted octanol–water partition coefficient (Wildman–Crippen LogP) is 0.250. The lowest BCUT2D eigenvalue weighted by Crippen LogP contribution is -2.63. The number of piperidine rings is 1. The molecule has 70 valence electrons. The van der Waals surface area contributed by atoms with Gasteiger partial charge in [0.15, 0.2) is 0 Å². The van der Waals surface area contributed by atoms with E-state index in [1.165, 1.54) is 6.42 Å². The van der Waals surface area contributed by atoms with Crippen LogP contribution < -0.4 is 5.32 Å². The SMILES string of the molecule is CN1CCCC2(CNC2)C1=O.Cl. The zero-order valence-electron chi connectivity index (χ0n) is 7.30. The number of hydrogen-bond acceptors (Lipinski definition) is 2. The number of nitrogens with zero attached hydrogens (tertiary/aromatic N) is 1. The molecule has 1 N–H and O–H groups in total. The number of carbonyl (C=O) groups is 1. The van der Waals surface area contributed by atoms with Gasteiger partial charge in [0.25, 0.3) is 0 Å². The Morgan fingerprint density at radius 3 is 2.58 bits per heavy atom. The Morgan fingerprint density at radius 2 is 2.17 bits per heavy atom. The predicted molar refractivity (Wildman–Crippen MR) is 49.4 cm³/mol. The summed E-state index contributed by atoms with van der Waals surface area (Å²) in [5.74, 6) is 0.350. The van der Waals surface area contributed by atoms with E-state index >= 15 is 0 Å². The van der Waals surface area contributed by atoms with Crippen molar-refractivity contribution in [1.82, 2.24) is 10.2 Å². The third kappa shape index (κ3) is 1.21. The normalized spacial score (nSPS) is 26.4. The molecule has 4 heteroatoms. The minimum atomic E-state index is 0. The van der Waals surface area contributed by atoms with Crippen LogP contribution in [0.2, 0.25) is 0 Å². The molecule has 0 aromatic heterocycles. The van der Waals surface area contributed by atoms with Gasteiger partial charge in [-0.3, -0.25) is 4.79 Å². The number of nitrogens with one attached hydrogen (secondary N) is 1. The fourth-order valence-corrected chi connectivity index (χ4v) is 2.02. The molecule has 1 amide bonds. The van der Waals surface area contributed by atoms with Crippen molar-refractivity contribution in [1.29, 1.82) is 0 Å². The summed E-state index contributed by atoms with van der Waals surface area (Å²) in [6.07, 6.45) is 2.26. The van der Waals surface area contributed by atoms with Crippen LogP contribution in [0.3, 0.4) is 0 Å². The van der Waals surface area contributed by atoms with Gasteiger partial charge in [-0.1, -0.05) is 0 Å². The van der Waals surface area contributed by atoms with Gasteiger partial charge in [0.1, 0.15) is 0 Å². The highest BCUT2D eigenvalue weighted by Gasteiger charge is 2.47. The lowest BCUT2D eigenvalue weighted by atomic mass is 9.74. The molecule has 12 heavy (non-hydrogen) atoms. The van der Waals surface area contributed by atoms with Gasteiger partial charge in [-0.15, -0.1) is 12.4 Å². The highest BCUT2D eigenvalue weighted by atomic mass is 35.5. The Labute approximate surface area is 78.9 Å².